The molecule has 2 rings (SSSR count). The Hall–Kier alpha value is -1.46. The van der Waals surface area contributed by atoms with Gasteiger partial charge in [-0.1, -0.05) is 44.5 Å². The van der Waals surface area contributed by atoms with Crippen LogP contribution in [-0.2, 0) is 33.4 Å². The molecule has 1 aromatic carbocycles. The van der Waals surface area contributed by atoms with Gasteiger partial charge in [0.25, 0.3) is 5.91 Å². The van der Waals surface area contributed by atoms with Gasteiger partial charge >= 0.3 is 0 Å². The number of amides is 1. The summed E-state index contributed by atoms with van der Waals surface area (Å²) < 4.78 is 0. The summed E-state index contributed by atoms with van der Waals surface area (Å²) in [5.74, 6) is -1.01. The Bertz CT molecular complexity index is 734. The van der Waals surface area contributed by atoms with E-state index >= 15 is 0 Å². The summed E-state index contributed by atoms with van der Waals surface area (Å²) in [6, 6.07) is 7.59. The molecule has 1 aliphatic rings. The van der Waals surface area contributed by atoms with Crippen LogP contribution in [0.25, 0.3) is 0 Å². The molecule has 1 heterocycles. The van der Waals surface area contributed by atoms with Crippen molar-refractivity contribution in [3.05, 3.63) is 34.9 Å². The van der Waals surface area contributed by atoms with Gasteiger partial charge in [0.2, 0.25) is 5.78 Å². The summed E-state index contributed by atoms with van der Waals surface area (Å²) in [5.41, 5.74) is -0.699. The second-order valence-electron chi connectivity index (χ2n) is 7.93. The van der Waals surface area contributed by atoms with E-state index in [0.29, 0.717) is 43.7 Å². The van der Waals surface area contributed by atoms with Crippen LogP contribution in [0.3, 0.4) is 0 Å². The fourth-order valence-electron chi connectivity index (χ4n) is 3.60. The van der Waals surface area contributed by atoms with Crippen molar-refractivity contribution < 1.29 is 14.4 Å². The predicted octanol–water partition coefficient (Wildman–Crippen LogP) is 4.10. The van der Waals surface area contributed by atoms with Gasteiger partial charge in [-0.2, -0.15) is 0 Å². The Morgan fingerprint density at radius 2 is 2.00 bits per heavy atom. The third-order valence-electron chi connectivity index (χ3n) is 5.75. The van der Waals surface area contributed by atoms with Crippen LogP contribution < -0.4 is 0 Å². The first-order valence-electron chi connectivity index (χ1n) is 9.46. The Morgan fingerprint density at radius 3 is 2.59 bits per heavy atom. The van der Waals surface area contributed by atoms with Gasteiger partial charge in [0.1, 0.15) is 0 Å². The Morgan fingerprint density at radius 1 is 1.30 bits per heavy atom. The molecular weight excluding hydrogens is 382 g/mol. The van der Waals surface area contributed by atoms with Gasteiger partial charge < -0.3 is 22.3 Å². The van der Waals surface area contributed by atoms with E-state index in [1.54, 1.807) is 13.8 Å². The summed E-state index contributed by atoms with van der Waals surface area (Å²) in [6.45, 7) is 5.81. The highest BCUT2D eigenvalue weighted by Crippen LogP contribution is 2.36. The summed E-state index contributed by atoms with van der Waals surface area (Å²) in [4.78, 5) is 39.5. The van der Waals surface area contributed by atoms with Crippen LogP contribution in [0.2, 0.25) is 5.02 Å². The Labute approximate surface area is 172 Å². The van der Waals surface area contributed by atoms with Crippen molar-refractivity contribution in [2.75, 3.05) is 6.54 Å². The molecule has 0 radical (unpaired) electrons. The minimum atomic E-state index is -1.04. The lowest BCUT2D eigenvalue weighted by atomic mass is 9.83. The van der Waals surface area contributed by atoms with Gasteiger partial charge in [0.05, 0.1) is 5.54 Å². The van der Waals surface area contributed by atoms with Crippen LogP contribution in [0, 0.1) is 5.41 Å². The molecule has 27 heavy (non-hydrogen) atoms. The molecule has 148 valence electrons. The van der Waals surface area contributed by atoms with Crippen molar-refractivity contribution in [3.8, 4) is 0 Å². The molecule has 1 fully saturated rings. The van der Waals surface area contributed by atoms with Crippen molar-refractivity contribution in [2.45, 2.75) is 64.8 Å². The molecule has 0 bridgehead atoms. The van der Waals surface area contributed by atoms with E-state index in [-0.39, 0.29) is 0 Å². The first-order chi connectivity index (χ1) is 12.6. The van der Waals surface area contributed by atoms with Gasteiger partial charge in [0.15, 0.2) is 0 Å². The highest BCUT2D eigenvalue weighted by atomic mass is 35.5. The molecule has 1 amide bonds. The number of aryl methyl sites for hydroxylation is 1. The topological polar surface area (TPSA) is 54.5 Å². The molecule has 1 saturated heterocycles. The second kappa shape index (κ2) is 8.70. The van der Waals surface area contributed by atoms with E-state index in [0.717, 1.165) is 12.0 Å². The number of hydrogen-bond acceptors (Lipinski definition) is 4. The number of halogens is 1. The van der Waals surface area contributed by atoms with E-state index in [9.17, 15) is 14.4 Å². The Balaban J connectivity index is 2.16. The fourth-order valence-corrected chi connectivity index (χ4v) is 4.13. The number of rotatable bonds is 8. The lowest BCUT2D eigenvalue weighted by Gasteiger charge is -2.41. The molecule has 0 spiro atoms. The summed E-state index contributed by atoms with van der Waals surface area (Å²) in [5, 5.41) is 0.230. The molecule has 1 atom stereocenters. The molecule has 0 N–H and O–H groups in total. The zero-order valence-electron chi connectivity index (χ0n) is 16.2. The highest BCUT2D eigenvalue weighted by molar-refractivity contribution is 7.77. The van der Waals surface area contributed by atoms with Crippen molar-refractivity contribution >= 4 is 41.0 Å². The molecule has 1 aliphatic heterocycles. The van der Waals surface area contributed by atoms with E-state index in [2.05, 4.69) is 0 Å². The number of nitrogens with zero attached hydrogens (tertiary/aromatic N) is 1. The standard InChI is InChI=1S/C21H28ClNO3S/c1-4-20(2,3)17(24)18(25)23-13-7-12-21(23,19(26)27)11-6-9-15-8-5-10-16(22)14-15/h5,8,10,14H,4,6-7,9,11-13H2,1-3H3,(H,26,27)/p-1. The van der Waals surface area contributed by atoms with E-state index in [1.807, 2.05) is 31.2 Å². The maximum Gasteiger partial charge on any atom is 0.291 e. The quantitative estimate of drug-likeness (QED) is 0.480. The van der Waals surface area contributed by atoms with Crippen LogP contribution in [0.4, 0.5) is 0 Å². The average molecular weight is 409 g/mol. The molecule has 0 aliphatic carbocycles. The number of Topliss-reactive ketones (excluding diaryl/α,β-unsaturated/α-hetero) is 1. The maximum atomic E-state index is 12.9. The van der Waals surface area contributed by atoms with E-state index < -0.39 is 27.8 Å². The number of likely N-dealkylation sites (tertiary alicyclic amines) is 1. The lowest BCUT2D eigenvalue weighted by molar-refractivity contribution is -0.153. The third-order valence-corrected chi connectivity index (χ3v) is 6.37. The largest absolute Gasteiger partial charge is 0.740 e. The first-order valence-corrected chi connectivity index (χ1v) is 10.2. The zero-order chi connectivity index (χ0) is 20.2. The van der Waals surface area contributed by atoms with Crippen LogP contribution in [0.15, 0.2) is 24.3 Å². The van der Waals surface area contributed by atoms with Crippen LogP contribution in [-0.4, -0.2) is 33.8 Å². The number of carbonyl (C=O) groups is 3. The molecule has 4 nitrogen and oxygen atoms in total. The normalized spacial score (nSPS) is 19.9. The summed E-state index contributed by atoms with van der Waals surface area (Å²) in [7, 11) is 0. The monoisotopic (exact) mass is 408 g/mol. The number of ketones is 1. The molecule has 1 aromatic rings. The smallest absolute Gasteiger partial charge is 0.291 e. The van der Waals surface area contributed by atoms with Crippen molar-refractivity contribution in [3.63, 3.8) is 0 Å². The van der Waals surface area contributed by atoms with Crippen LogP contribution in [0.5, 0.6) is 0 Å². The van der Waals surface area contributed by atoms with Crippen LogP contribution in [0.1, 0.15) is 58.4 Å². The van der Waals surface area contributed by atoms with Gasteiger partial charge in [-0.3, -0.25) is 9.59 Å². The number of carbonyl (C=O) groups excluding carboxylic acids is 3. The SMILES string of the molecule is CCC(C)(C)C(=O)C(=O)N1CCCC1(CCCc1cccc(Cl)c1)C(=O)[S-]. The predicted molar refractivity (Wildman–Crippen MR) is 110 cm³/mol. The van der Waals surface area contributed by atoms with Gasteiger partial charge in [-0.15, -0.1) is 0 Å². The average Bonchev–Trinajstić information content (AvgIpc) is 3.05. The maximum absolute atomic E-state index is 12.9. The molecular formula is C21H27ClNO3S-. The Kier molecular flexibility index (Phi) is 7.03. The second-order valence-corrected chi connectivity index (χ2v) is 8.74. The minimum absolute atomic E-state index is 0.407. The van der Waals surface area contributed by atoms with Gasteiger partial charge in [-0.05, 0) is 56.2 Å². The van der Waals surface area contributed by atoms with Gasteiger partial charge in [0, 0.05) is 22.1 Å². The van der Waals surface area contributed by atoms with Gasteiger partial charge in [-0.25, -0.2) is 0 Å². The zero-order valence-corrected chi connectivity index (χ0v) is 17.8. The number of hydrogen-bond donors (Lipinski definition) is 0. The van der Waals surface area contributed by atoms with Crippen molar-refractivity contribution in [1.82, 2.24) is 4.90 Å². The number of benzene rings is 1. The first kappa shape index (κ1) is 21.8. The highest BCUT2D eigenvalue weighted by Gasteiger charge is 2.47. The lowest BCUT2D eigenvalue weighted by Crippen LogP contribution is -2.56. The van der Waals surface area contributed by atoms with E-state index in [1.165, 1.54) is 4.90 Å². The van der Waals surface area contributed by atoms with Crippen LogP contribution >= 0.6 is 11.6 Å². The molecule has 6 heteroatoms. The summed E-state index contributed by atoms with van der Waals surface area (Å²) in [6.07, 6.45) is 3.67. The molecule has 0 saturated carbocycles. The fraction of sp³-hybridized carbons (Fsp3) is 0.571. The third kappa shape index (κ3) is 4.69. The minimum Gasteiger partial charge on any atom is -0.740 e. The van der Waals surface area contributed by atoms with E-state index in [4.69, 9.17) is 24.2 Å². The van der Waals surface area contributed by atoms with Crippen molar-refractivity contribution in [1.29, 1.82) is 0 Å². The molecule has 1 unspecified atom stereocenters. The molecule has 0 aromatic heterocycles. The van der Waals surface area contributed by atoms with Crippen molar-refractivity contribution in [2.24, 2.45) is 5.41 Å². The summed E-state index contributed by atoms with van der Waals surface area (Å²) >= 11 is 11.1.